The Kier molecular flexibility index (Phi) is 6.65. The van der Waals surface area contributed by atoms with Crippen LogP contribution in [0.3, 0.4) is 0 Å². The number of aliphatic imine (C=N–C) groups is 1. The topological polar surface area (TPSA) is 15.6 Å². The van der Waals surface area contributed by atoms with Crippen LogP contribution >= 0.6 is 35.0 Å². The summed E-state index contributed by atoms with van der Waals surface area (Å²) in [6.45, 7) is 0. The molecule has 0 aliphatic heterocycles. The Balaban J connectivity index is 2.43. The first-order chi connectivity index (χ1) is 11.7. The maximum atomic E-state index is 12.5. The van der Waals surface area contributed by atoms with Crippen molar-refractivity contribution in [2.75, 3.05) is 19.8 Å². The van der Waals surface area contributed by atoms with Gasteiger partial charge in [-0.3, -0.25) is 0 Å². The first-order valence-electron chi connectivity index (χ1n) is 7.17. The Morgan fingerprint density at radius 1 is 1.08 bits per heavy atom. The van der Waals surface area contributed by atoms with E-state index in [2.05, 4.69) is 4.99 Å². The second-order valence-electron chi connectivity index (χ2n) is 5.33. The third kappa shape index (κ3) is 5.83. The third-order valence-corrected chi connectivity index (χ3v) is 4.92. The number of nitrogens with zero attached hydrogens (tertiary/aromatic N) is 2. The Hall–Kier alpha value is -1.37. The normalized spacial score (nSPS) is 12.4. The minimum Gasteiger partial charge on any atom is -0.362 e. The molecular formula is C17H15Cl2F3N2S. The number of alkyl halides is 3. The van der Waals surface area contributed by atoms with Crippen molar-refractivity contribution in [3.05, 3.63) is 58.1 Å². The molecule has 0 unspecified atom stereocenters. The second kappa shape index (κ2) is 8.34. The van der Waals surface area contributed by atoms with Crippen LogP contribution in [0.2, 0.25) is 10.0 Å². The molecule has 0 fully saturated rings. The van der Waals surface area contributed by atoms with Crippen LogP contribution in [0.1, 0.15) is 5.56 Å². The van der Waals surface area contributed by atoms with Gasteiger partial charge in [-0.05, 0) is 12.1 Å². The first-order valence-corrected chi connectivity index (χ1v) is 8.91. The zero-order valence-electron chi connectivity index (χ0n) is 13.4. The largest absolute Gasteiger partial charge is 0.398 e. The van der Waals surface area contributed by atoms with E-state index < -0.39 is 11.9 Å². The Bertz CT molecular complexity index is 762. The molecule has 0 saturated heterocycles. The minimum absolute atomic E-state index is 0.171. The van der Waals surface area contributed by atoms with Gasteiger partial charge in [0.2, 0.25) is 0 Å². The number of amidine groups is 1. The highest BCUT2D eigenvalue weighted by Crippen LogP contribution is 2.38. The van der Waals surface area contributed by atoms with Crippen LogP contribution in [-0.4, -0.2) is 36.8 Å². The molecule has 25 heavy (non-hydrogen) atoms. The zero-order valence-corrected chi connectivity index (χ0v) is 15.8. The third-order valence-electron chi connectivity index (χ3n) is 3.07. The molecule has 0 heterocycles. The molecule has 2 nitrogen and oxygen atoms in total. The molecule has 0 aliphatic rings. The fourth-order valence-electron chi connectivity index (χ4n) is 2.00. The summed E-state index contributed by atoms with van der Waals surface area (Å²) in [4.78, 5) is 6.63. The molecule has 2 aromatic carbocycles. The number of hydrogen-bond acceptors (Lipinski definition) is 2. The highest BCUT2D eigenvalue weighted by molar-refractivity contribution is 7.99. The lowest BCUT2D eigenvalue weighted by Crippen LogP contribution is -2.22. The molecule has 0 radical (unpaired) electrons. The van der Waals surface area contributed by atoms with Crippen LogP contribution in [0.4, 0.5) is 18.9 Å². The van der Waals surface area contributed by atoms with Crippen LogP contribution in [0, 0.1) is 0 Å². The molecule has 8 heteroatoms. The summed E-state index contributed by atoms with van der Waals surface area (Å²) < 4.78 is 37.4. The Labute approximate surface area is 158 Å². The van der Waals surface area contributed by atoms with Gasteiger partial charge in [0.25, 0.3) is 0 Å². The standard InChI is InChI=1S/C17H15Cl2F3N2S/c1-24(2)16(11-6-4-3-5-7-11)23-14-9-15(13(19)8-12(14)18)25-10-17(20,21)22/h3-9H,10H2,1-2H3/b23-16-. The average molecular weight is 407 g/mol. The van der Waals surface area contributed by atoms with E-state index in [9.17, 15) is 13.2 Å². The van der Waals surface area contributed by atoms with Gasteiger partial charge < -0.3 is 4.90 Å². The monoisotopic (exact) mass is 406 g/mol. The lowest BCUT2D eigenvalue weighted by Gasteiger charge is -2.17. The van der Waals surface area contributed by atoms with E-state index in [4.69, 9.17) is 23.2 Å². The van der Waals surface area contributed by atoms with Crippen molar-refractivity contribution in [1.29, 1.82) is 0 Å². The van der Waals surface area contributed by atoms with E-state index in [1.54, 1.807) is 0 Å². The van der Waals surface area contributed by atoms with Crippen molar-refractivity contribution in [1.82, 2.24) is 4.90 Å². The van der Waals surface area contributed by atoms with Gasteiger partial charge in [0.1, 0.15) is 5.84 Å². The predicted molar refractivity (Wildman–Crippen MR) is 99.6 cm³/mol. The van der Waals surface area contributed by atoms with E-state index >= 15 is 0 Å². The van der Waals surface area contributed by atoms with Gasteiger partial charge in [0, 0.05) is 24.6 Å². The summed E-state index contributed by atoms with van der Waals surface area (Å²) >= 11 is 12.8. The van der Waals surface area contributed by atoms with Crippen molar-refractivity contribution in [2.45, 2.75) is 11.1 Å². The number of thioether (sulfide) groups is 1. The maximum absolute atomic E-state index is 12.5. The van der Waals surface area contributed by atoms with Gasteiger partial charge >= 0.3 is 6.18 Å². The van der Waals surface area contributed by atoms with E-state index in [-0.39, 0.29) is 14.9 Å². The minimum atomic E-state index is -4.28. The van der Waals surface area contributed by atoms with Crippen molar-refractivity contribution in [3.63, 3.8) is 0 Å². The van der Waals surface area contributed by atoms with Gasteiger partial charge in [-0.25, -0.2) is 4.99 Å². The SMILES string of the molecule is CN(C)/C(=N\c1cc(SCC(F)(F)F)c(Cl)cc1Cl)c1ccccc1. The zero-order chi connectivity index (χ0) is 18.6. The summed E-state index contributed by atoms with van der Waals surface area (Å²) in [7, 11) is 3.66. The van der Waals surface area contributed by atoms with Gasteiger partial charge in [0.05, 0.1) is 21.5 Å². The first kappa shape index (κ1) is 19.9. The molecule has 0 amide bonds. The Morgan fingerprint density at radius 3 is 2.28 bits per heavy atom. The van der Waals surface area contributed by atoms with Crippen LogP contribution in [0.25, 0.3) is 0 Å². The summed E-state index contributed by atoms with van der Waals surface area (Å²) in [6.07, 6.45) is -4.28. The van der Waals surface area contributed by atoms with Crippen LogP contribution < -0.4 is 0 Å². The molecule has 2 rings (SSSR count). The van der Waals surface area contributed by atoms with Crippen molar-refractivity contribution < 1.29 is 13.2 Å². The van der Waals surface area contributed by atoms with Gasteiger partial charge in [-0.2, -0.15) is 13.2 Å². The molecule has 0 aromatic heterocycles. The number of halogens is 5. The molecule has 0 atom stereocenters. The van der Waals surface area contributed by atoms with Crippen molar-refractivity contribution in [3.8, 4) is 0 Å². The van der Waals surface area contributed by atoms with E-state index in [1.807, 2.05) is 49.3 Å². The fraction of sp³-hybridized carbons (Fsp3) is 0.235. The van der Waals surface area contributed by atoms with Crippen LogP contribution in [-0.2, 0) is 0 Å². The number of hydrogen-bond donors (Lipinski definition) is 0. The second-order valence-corrected chi connectivity index (χ2v) is 7.17. The summed E-state index contributed by atoms with van der Waals surface area (Å²) in [5, 5.41) is 0.445. The van der Waals surface area contributed by atoms with Crippen LogP contribution in [0.5, 0.6) is 0 Å². The number of rotatable bonds is 4. The number of benzene rings is 2. The molecule has 0 aliphatic carbocycles. The average Bonchev–Trinajstić information content (AvgIpc) is 2.52. The smallest absolute Gasteiger partial charge is 0.362 e. The fourth-order valence-corrected chi connectivity index (χ4v) is 3.30. The summed E-state index contributed by atoms with van der Waals surface area (Å²) in [6, 6.07) is 12.3. The lowest BCUT2D eigenvalue weighted by atomic mass is 10.2. The van der Waals surface area contributed by atoms with Crippen LogP contribution in [0.15, 0.2) is 52.4 Å². The lowest BCUT2D eigenvalue weighted by molar-refractivity contribution is -0.105. The van der Waals surface area contributed by atoms with Crippen molar-refractivity contribution >= 4 is 46.5 Å². The summed E-state index contributed by atoms with van der Waals surface area (Å²) in [5.74, 6) is -0.395. The highest BCUT2D eigenvalue weighted by Gasteiger charge is 2.28. The molecule has 2 aromatic rings. The van der Waals surface area contributed by atoms with Gasteiger partial charge in [0.15, 0.2) is 0 Å². The molecule has 134 valence electrons. The summed E-state index contributed by atoms with van der Waals surface area (Å²) in [5.41, 5.74) is 1.23. The van der Waals surface area contributed by atoms with E-state index in [1.165, 1.54) is 12.1 Å². The van der Waals surface area contributed by atoms with E-state index in [0.29, 0.717) is 23.3 Å². The quantitative estimate of drug-likeness (QED) is 0.336. The van der Waals surface area contributed by atoms with Gasteiger partial charge in [-0.1, -0.05) is 53.5 Å². The molecule has 0 saturated carbocycles. The predicted octanol–water partition coefficient (Wildman–Crippen LogP) is 6.29. The van der Waals surface area contributed by atoms with Crippen molar-refractivity contribution in [2.24, 2.45) is 4.99 Å². The molecule has 0 N–H and O–H groups in total. The van der Waals surface area contributed by atoms with Gasteiger partial charge in [-0.15, -0.1) is 11.8 Å². The highest BCUT2D eigenvalue weighted by atomic mass is 35.5. The maximum Gasteiger partial charge on any atom is 0.398 e. The molecule has 0 spiro atoms. The Morgan fingerprint density at radius 2 is 1.72 bits per heavy atom. The van der Waals surface area contributed by atoms with E-state index in [0.717, 1.165) is 5.56 Å². The molecular weight excluding hydrogens is 392 g/mol. The molecule has 0 bridgehead atoms.